The van der Waals surface area contributed by atoms with Crippen LogP contribution in [0.25, 0.3) is 10.8 Å². The fourth-order valence-electron chi connectivity index (χ4n) is 1.89. The summed E-state index contributed by atoms with van der Waals surface area (Å²) in [6.07, 6.45) is 1.78. The first-order valence-corrected chi connectivity index (χ1v) is 5.59. The van der Waals surface area contributed by atoms with Crippen LogP contribution in [0.1, 0.15) is 26.3 Å². The molecule has 1 aromatic heterocycles. The van der Waals surface area contributed by atoms with Crippen LogP contribution in [0.15, 0.2) is 29.2 Å². The highest BCUT2D eigenvalue weighted by Crippen LogP contribution is 2.30. The Hall–Kier alpha value is -1.28. The molecule has 0 bridgehead atoms. The normalized spacial score (nSPS) is 12.0. The summed E-state index contributed by atoms with van der Waals surface area (Å²) >= 11 is 6.06. The Balaban J connectivity index is 2.96. The standard InChI is InChI=1S/C13H14ClNO/c1-13(2,3)9-7-15-12(16)11-8(9)5-4-6-10(11)14/h4-7H,1-3H3,(H,15,16). The van der Waals surface area contributed by atoms with Crippen LogP contribution >= 0.6 is 11.6 Å². The molecule has 0 atom stereocenters. The van der Waals surface area contributed by atoms with Gasteiger partial charge >= 0.3 is 0 Å². The zero-order valence-electron chi connectivity index (χ0n) is 9.60. The van der Waals surface area contributed by atoms with E-state index in [9.17, 15) is 4.79 Å². The fourth-order valence-corrected chi connectivity index (χ4v) is 2.15. The van der Waals surface area contributed by atoms with Crippen LogP contribution in [-0.2, 0) is 5.41 Å². The SMILES string of the molecule is CC(C)(C)c1c[nH]c(=O)c2c(Cl)cccc12. The topological polar surface area (TPSA) is 32.9 Å². The van der Waals surface area contributed by atoms with Crippen LogP contribution in [-0.4, -0.2) is 4.98 Å². The van der Waals surface area contributed by atoms with Crippen molar-refractivity contribution in [2.45, 2.75) is 26.2 Å². The number of nitrogens with one attached hydrogen (secondary N) is 1. The van der Waals surface area contributed by atoms with Crippen molar-refractivity contribution in [3.8, 4) is 0 Å². The average Bonchev–Trinajstić information content (AvgIpc) is 2.16. The lowest BCUT2D eigenvalue weighted by Crippen LogP contribution is -2.16. The minimum absolute atomic E-state index is 0.0207. The smallest absolute Gasteiger partial charge is 0.257 e. The molecule has 16 heavy (non-hydrogen) atoms. The highest BCUT2D eigenvalue weighted by atomic mass is 35.5. The highest BCUT2D eigenvalue weighted by Gasteiger charge is 2.18. The van der Waals surface area contributed by atoms with Gasteiger partial charge in [0.15, 0.2) is 0 Å². The zero-order valence-corrected chi connectivity index (χ0v) is 10.4. The molecule has 0 fully saturated rings. The molecule has 2 rings (SSSR count). The lowest BCUT2D eigenvalue weighted by atomic mass is 9.85. The van der Waals surface area contributed by atoms with E-state index < -0.39 is 0 Å². The highest BCUT2D eigenvalue weighted by molar-refractivity contribution is 6.35. The number of aromatic amines is 1. The van der Waals surface area contributed by atoms with E-state index in [2.05, 4.69) is 25.8 Å². The Kier molecular flexibility index (Phi) is 2.55. The van der Waals surface area contributed by atoms with Crippen LogP contribution in [0, 0.1) is 0 Å². The first-order chi connectivity index (χ1) is 7.41. The van der Waals surface area contributed by atoms with Crippen molar-refractivity contribution in [1.82, 2.24) is 4.98 Å². The van der Waals surface area contributed by atoms with Gasteiger partial charge in [0.25, 0.3) is 5.56 Å². The van der Waals surface area contributed by atoms with E-state index in [-0.39, 0.29) is 11.0 Å². The van der Waals surface area contributed by atoms with Crippen molar-refractivity contribution in [3.05, 3.63) is 45.3 Å². The van der Waals surface area contributed by atoms with Gasteiger partial charge in [0.1, 0.15) is 0 Å². The van der Waals surface area contributed by atoms with Gasteiger partial charge in [-0.2, -0.15) is 0 Å². The lowest BCUT2D eigenvalue weighted by Gasteiger charge is -2.20. The molecule has 2 aromatic rings. The number of fused-ring (bicyclic) bond motifs is 1. The summed E-state index contributed by atoms with van der Waals surface area (Å²) in [5, 5.41) is 2.02. The Morgan fingerprint density at radius 1 is 1.25 bits per heavy atom. The van der Waals surface area contributed by atoms with Crippen LogP contribution in [0.3, 0.4) is 0 Å². The number of halogens is 1. The van der Waals surface area contributed by atoms with E-state index in [1.54, 1.807) is 12.3 Å². The van der Waals surface area contributed by atoms with Crippen molar-refractivity contribution >= 4 is 22.4 Å². The second-order valence-electron chi connectivity index (χ2n) is 4.94. The van der Waals surface area contributed by atoms with E-state index >= 15 is 0 Å². The molecule has 0 unspecified atom stereocenters. The number of pyridine rings is 1. The van der Waals surface area contributed by atoms with Gasteiger partial charge in [-0.05, 0) is 22.4 Å². The number of hydrogen-bond acceptors (Lipinski definition) is 1. The third-order valence-corrected chi connectivity index (χ3v) is 3.00. The van der Waals surface area contributed by atoms with Gasteiger partial charge in [-0.3, -0.25) is 4.79 Å². The molecular formula is C13H14ClNO. The lowest BCUT2D eigenvalue weighted by molar-refractivity contribution is 0.593. The molecule has 0 amide bonds. The second kappa shape index (κ2) is 3.63. The monoisotopic (exact) mass is 235 g/mol. The number of H-pyrrole nitrogens is 1. The van der Waals surface area contributed by atoms with Crippen LogP contribution < -0.4 is 5.56 Å². The summed E-state index contributed by atoms with van der Waals surface area (Å²) < 4.78 is 0. The minimum Gasteiger partial charge on any atom is -0.328 e. The number of hydrogen-bond donors (Lipinski definition) is 1. The Bertz CT molecular complexity index is 593. The molecule has 84 valence electrons. The molecule has 0 radical (unpaired) electrons. The van der Waals surface area contributed by atoms with E-state index in [1.807, 2.05) is 12.1 Å². The summed E-state index contributed by atoms with van der Waals surface area (Å²) in [5.74, 6) is 0. The maximum atomic E-state index is 11.7. The van der Waals surface area contributed by atoms with Crippen molar-refractivity contribution in [1.29, 1.82) is 0 Å². The van der Waals surface area contributed by atoms with Gasteiger partial charge in [0.2, 0.25) is 0 Å². The van der Waals surface area contributed by atoms with Crippen LogP contribution in [0.5, 0.6) is 0 Å². The van der Waals surface area contributed by atoms with Gasteiger partial charge in [-0.25, -0.2) is 0 Å². The predicted octanol–water partition coefficient (Wildman–Crippen LogP) is 3.48. The maximum Gasteiger partial charge on any atom is 0.257 e. The molecule has 3 heteroatoms. The first-order valence-electron chi connectivity index (χ1n) is 5.21. The molecule has 0 saturated carbocycles. The third kappa shape index (κ3) is 1.74. The van der Waals surface area contributed by atoms with E-state index in [1.165, 1.54) is 0 Å². The van der Waals surface area contributed by atoms with Crippen molar-refractivity contribution in [3.63, 3.8) is 0 Å². The number of benzene rings is 1. The minimum atomic E-state index is -0.131. The first kappa shape index (κ1) is 11.2. The Morgan fingerprint density at radius 3 is 2.56 bits per heavy atom. The quantitative estimate of drug-likeness (QED) is 0.745. The van der Waals surface area contributed by atoms with Crippen molar-refractivity contribution in [2.75, 3.05) is 0 Å². The van der Waals surface area contributed by atoms with Crippen LogP contribution in [0.4, 0.5) is 0 Å². The molecule has 1 aromatic carbocycles. The maximum absolute atomic E-state index is 11.7. The largest absolute Gasteiger partial charge is 0.328 e. The Morgan fingerprint density at radius 2 is 1.94 bits per heavy atom. The zero-order chi connectivity index (χ0) is 11.9. The van der Waals surface area contributed by atoms with Gasteiger partial charge in [-0.15, -0.1) is 0 Å². The molecular weight excluding hydrogens is 222 g/mol. The molecule has 0 saturated heterocycles. The number of aromatic nitrogens is 1. The van der Waals surface area contributed by atoms with Gasteiger partial charge < -0.3 is 4.98 Å². The van der Waals surface area contributed by atoms with Crippen molar-refractivity contribution in [2.24, 2.45) is 0 Å². The molecule has 0 aliphatic carbocycles. The molecule has 2 nitrogen and oxygen atoms in total. The van der Waals surface area contributed by atoms with Gasteiger partial charge in [0, 0.05) is 6.20 Å². The van der Waals surface area contributed by atoms with Crippen molar-refractivity contribution < 1.29 is 0 Å². The van der Waals surface area contributed by atoms with Gasteiger partial charge in [-0.1, -0.05) is 44.5 Å². The predicted molar refractivity (Wildman–Crippen MR) is 68.3 cm³/mol. The fraction of sp³-hybridized carbons (Fsp3) is 0.308. The third-order valence-electron chi connectivity index (χ3n) is 2.69. The van der Waals surface area contributed by atoms with E-state index in [0.29, 0.717) is 10.4 Å². The molecule has 0 spiro atoms. The summed E-state index contributed by atoms with van der Waals surface area (Å²) in [4.78, 5) is 14.5. The van der Waals surface area contributed by atoms with E-state index in [4.69, 9.17) is 11.6 Å². The summed E-state index contributed by atoms with van der Waals surface area (Å²) in [6.45, 7) is 6.34. The Labute approximate surface area is 99.3 Å². The average molecular weight is 236 g/mol. The summed E-state index contributed by atoms with van der Waals surface area (Å²) in [7, 11) is 0. The molecule has 1 N–H and O–H groups in total. The summed E-state index contributed by atoms with van der Waals surface area (Å²) in [6, 6.07) is 5.56. The summed E-state index contributed by atoms with van der Waals surface area (Å²) in [5.41, 5.74) is 0.950. The van der Waals surface area contributed by atoms with Crippen LogP contribution in [0.2, 0.25) is 5.02 Å². The van der Waals surface area contributed by atoms with E-state index in [0.717, 1.165) is 10.9 Å². The molecule has 0 aliphatic heterocycles. The number of rotatable bonds is 0. The molecule has 0 aliphatic rings. The van der Waals surface area contributed by atoms with Gasteiger partial charge in [0.05, 0.1) is 10.4 Å². The molecule has 1 heterocycles. The second-order valence-corrected chi connectivity index (χ2v) is 5.35.